The van der Waals surface area contributed by atoms with Gasteiger partial charge >= 0.3 is 179 Å². The van der Waals surface area contributed by atoms with Crippen molar-refractivity contribution in [2.75, 3.05) is 0 Å². The second kappa shape index (κ2) is 8.91. The van der Waals surface area contributed by atoms with Gasteiger partial charge in [0.05, 0.1) is 0 Å². The van der Waals surface area contributed by atoms with Crippen molar-refractivity contribution >= 4 is 51.8 Å². The Balaban J connectivity index is 1.95. The van der Waals surface area contributed by atoms with Crippen LogP contribution in [0, 0.1) is 0 Å². The first-order valence-corrected chi connectivity index (χ1v) is 16.2. The molecular weight excluding hydrogens is 437 g/mol. The van der Waals surface area contributed by atoms with Crippen LogP contribution in [-0.4, -0.2) is 16.3 Å². The van der Waals surface area contributed by atoms with E-state index in [0.717, 1.165) is 9.76 Å². The van der Waals surface area contributed by atoms with E-state index in [-0.39, 0.29) is 0 Å². The molecule has 0 radical (unpaired) electrons. The van der Waals surface area contributed by atoms with Gasteiger partial charge in [-0.05, 0) is 0 Å². The molecule has 0 N–H and O–H groups in total. The molecule has 0 aliphatic carbocycles. The molecule has 0 amide bonds. The molecule has 0 nitrogen and oxygen atoms in total. The van der Waals surface area contributed by atoms with Gasteiger partial charge in [0, 0.05) is 0 Å². The molecule has 28 heavy (non-hydrogen) atoms. The van der Waals surface area contributed by atoms with Gasteiger partial charge in [-0.15, -0.1) is 0 Å². The molecule has 0 aliphatic rings. The topological polar surface area (TPSA) is 0 Å². The van der Waals surface area contributed by atoms with E-state index in [2.05, 4.69) is 115 Å². The van der Waals surface area contributed by atoms with Gasteiger partial charge in [-0.1, -0.05) is 0 Å². The van der Waals surface area contributed by atoms with E-state index in [1.54, 1.807) is 0 Å². The monoisotopic (exact) mass is 458 g/mol. The van der Waals surface area contributed by atoms with Crippen LogP contribution in [-0.2, 0) is 0 Å². The molecule has 4 aromatic carbocycles. The van der Waals surface area contributed by atoms with E-state index < -0.39 is 12.1 Å². The normalized spacial score (nSPS) is 11.1. The molecule has 0 spiro atoms. The van der Waals surface area contributed by atoms with E-state index in [4.69, 9.17) is 12.2 Å². The van der Waals surface area contributed by atoms with Crippen molar-refractivity contribution in [3.63, 3.8) is 0 Å². The van der Waals surface area contributed by atoms with Gasteiger partial charge in [0.2, 0.25) is 0 Å². The fraction of sp³-hybridized carbons (Fsp3) is 0. The standard InChI is InChI=1S/C25H20GeS2/c27-25(21-13-5-1-6-14-21)28-26(22-15-7-2-8-16-22,23-17-9-3-10-18-23)24-19-11-4-12-20-24/h1-20H. The van der Waals surface area contributed by atoms with Gasteiger partial charge in [0.1, 0.15) is 0 Å². The maximum absolute atomic E-state index is 5.98. The molecular formula is C25H20GeS2. The molecule has 0 aromatic heterocycles. The van der Waals surface area contributed by atoms with Gasteiger partial charge in [0.25, 0.3) is 0 Å². The molecule has 0 atom stereocenters. The van der Waals surface area contributed by atoms with Crippen molar-refractivity contribution in [3.05, 3.63) is 127 Å². The summed E-state index contributed by atoms with van der Waals surface area (Å²) in [6.45, 7) is 0. The van der Waals surface area contributed by atoms with E-state index in [0.29, 0.717) is 0 Å². The molecule has 0 unspecified atom stereocenters. The van der Waals surface area contributed by atoms with Crippen LogP contribution in [0.2, 0.25) is 0 Å². The molecule has 0 saturated heterocycles. The average molecular weight is 457 g/mol. The molecule has 0 heterocycles. The van der Waals surface area contributed by atoms with Gasteiger partial charge in [-0.25, -0.2) is 0 Å². The van der Waals surface area contributed by atoms with Gasteiger partial charge in [-0.2, -0.15) is 0 Å². The summed E-state index contributed by atoms with van der Waals surface area (Å²) >= 11 is 2.89. The Morgan fingerprint density at radius 3 is 1.18 bits per heavy atom. The fourth-order valence-corrected chi connectivity index (χ4v) is 19.5. The summed E-state index contributed by atoms with van der Waals surface area (Å²) in [4.78, 5) is 0. The Morgan fingerprint density at radius 2 is 0.821 bits per heavy atom. The Labute approximate surface area is 178 Å². The Kier molecular flexibility index (Phi) is 6.11. The maximum atomic E-state index is 5.98. The SMILES string of the molecule is S=C([S][Ge]([c]1ccccc1)([c]1ccccc1)[c]1ccccc1)c1ccccc1. The van der Waals surface area contributed by atoms with E-state index >= 15 is 0 Å². The van der Waals surface area contributed by atoms with Crippen LogP contribution in [0.5, 0.6) is 0 Å². The summed E-state index contributed by atoms with van der Waals surface area (Å²) in [5, 5.41) is 0. The Bertz CT molecular complexity index is 936. The predicted octanol–water partition coefficient (Wildman–Crippen LogP) is 4.76. The van der Waals surface area contributed by atoms with Crippen LogP contribution < -0.4 is 13.2 Å². The van der Waals surface area contributed by atoms with E-state index in [1.807, 2.05) is 16.2 Å². The molecule has 136 valence electrons. The van der Waals surface area contributed by atoms with Gasteiger partial charge in [0.15, 0.2) is 0 Å². The zero-order chi connectivity index (χ0) is 19.2. The van der Waals surface area contributed by atoms with Crippen LogP contribution in [0.4, 0.5) is 0 Å². The summed E-state index contributed by atoms with van der Waals surface area (Å²) in [5.74, 6) is 0. The first-order chi connectivity index (χ1) is 13.8. The van der Waals surface area contributed by atoms with Crippen molar-refractivity contribution in [2.24, 2.45) is 0 Å². The van der Waals surface area contributed by atoms with Crippen molar-refractivity contribution in [2.45, 2.75) is 0 Å². The summed E-state index contributed by atoms with van der Waals surface area (Å²) in [5.41, 5.74) is 1.13. The molecule has 0 fully saturated rings. The minimum atomic E-state index is -3.09. The zero-order valence-corrected chi connectivity index (χ0v) is 19.1. The summed E-state index contributed by atoms with van der Waals surface area (Å²) < 4.78 is 5.19. The second-order valence-electron chi connectivity index (χ2n) is 6.53. The molecule has 0 bridgehead atoms. The van der Waals surface area contributed by atoms with Crippen molar-refractivity contribution < 1.29 is 0 Å². The Hall–Kier alpha value is -2.14. The van der Waals surface area contributed by atoms with E-state index in [9.17, 15) is 0 Å². The van der Waals surface area contributed by atoms with E-state index in [1.165, 1.54) is 13.2 Å². The predicted molar refractivity (Wildman–Crippen MR) is 130 cm³/mol. The molecule has 0 saturated carbocycles. The van der Waals surface area contributed by atoms with Gasteiger partial charge in [-0.3, -0.25) is 0 Å². The first kappa shape index (κ1) is 19.2. The van der Waals surface area contributed by atoms with Crippen LogP contribution in [0.25, 0.3) is 0 Å². The Morgan fingerprint density at radius 1 is 0.500 bits per heavy atom. The van der Waals surface area contributed by atoms with Crippen LogP contribution in [0.1, 0.15) is 5.56 Å². The second-order valence-corrected chi connectivity index (χ2v) is 18.8. The average Bonchev–Trinajstić information content (AvgIpc) is 2.80. The third kappa shape index (κ3) is 3.86. The molecule has 0 aliphatic heterocycles. The van der Waals surface area contributed by atoms with Gasteiger partial charge < -0.3 is 0 Å². The summed E-state index contributed by atoms with van der Waals surface area (Å²) in [6.07, 6.45) is 0. The number of hydrogen-bond donors (Lipinski definition) is 0. The number of hydrogen-bond acceptors (Lipinski definition) is 2. The summed E-state index contributed by atoms with van der Waals surface area (Å²) in [6, 6.07) is 43.2. The summed E-state index contributed by atoms with van der Waals surface area (Å²) in [7, 11) is 1.92. The fourth-order valence-electron chi connectivity index (χ4n) is 3.47. The molecule has 3 heteroatoms. The third-order valence-electron chi connectivity index (χ3n) is 4.80. The van der Waals surface area contributed by atoms with Crippen molar-refractivity contribution in [1.82, 2.24) is 0 Å². The first-order valence-electron chi connectivity index (χ1n) is 9.26. The third-order valence-corrected chi connectivity index (χ3v) is 21.0. The number of benzene rings is 4. The number of rotatable bonds is 5. The molecule has 4 rings (SSSR count). The minimum absolute atomic E-state index is 0.970. The number of thiocarbonyl (C=S) groups is 1. The van der Waals surface area contributed by atoms with Crippen LogP contribution >= 0.6 is 22.3 Å². The van der Waals surface area contributed by atoms with Crippen molar-refractivity contribution in [1.29, 1.82) is 0 Å². The zero-order valence-electron chi connectivity index (χ0n) is 15.4. The van der Waals surface area contributed by atoms with Crippen molar-refractivity contribution in [3.8, 4) is 0 Å². The molecule has 4 aromatic rings. The van der Waals surface area contributed by atoms with Crippen LogP contribution in [0.15, 0.2) is 121 Å². The quantitative estimate of drug-likeness (QED) is 0.313. The van der Waals surface area contributed by atoms with Crippen LogP contribution in [0.3, 0.4) is 0 Å².